The number of sulfonamides is 1. The summed E-state index contributed by atoms with van der Waals surface area (Å²) < 4.78 is 76.1. The minimum absolute atomic E-state index is 0.124. The van der Waals surface area contributed by atoms with Crippen LogP contribution in [0.15, 0.2) is 24.3 Å². The summed E-state index contributed by atoms with van der Waals surface area (Å²) in [6.07, 6.45) is -0.727. The van der Waals surface area contributed by atoms with Crippen LogP contribution in [-0.4, -0.2) is 37.0 Å². The van der Waals surface area contributed by atoms with Gasteiger partial charge in [-0.3, -0.25) is 4.72 Å². The molecule has 0 amide bonds. The lowest BCUT2D eigenvalue weighted by Crippen LogP contribution is -2.45. The summed E-state index contributed by atoms with van der Waals surface area (Å²) in [5.74, 6) is -3.81. The second kappa shape index (κ2) is 7.57. The number of hydrogen-bond donors (Lipinski definition) is 4. The zero-order valence-electron chi connectivity index (χ0n) is 16.6. The molecule has 1 aliphatic carbocycles. The van der Waals surface area contributed by atoms with Gasteiger partial charge in [-0.2, -0.15) is 0 Å². The molecule has 31 heavy (non-hydrogen) atoms. The van der Waals surface area contributed by atoms with Crippen molar-refractivity contribution < 1.29 is 31.4 Å². The third-order valence-electron chi connectivity index (χ3n) is 5.69. The number of rotatable bonds is 2. The Morgan fingerprint density at radius 2 is 1.94 bits per heavy atom. The molecule has 11 heteroatoms. The molecule has 1 spiro atoms. The highest BCUT2D eigenvalue weighted by Gasteiger charge is 2.56. The maximum atomic E-state index is 14.8. The maximum Gasteiger partial charge on any atom is 0.238 e. The van der Waals surface area contributed by atoms with Gasteiger partial charge in [0, 0.05) is 6.07 Å². The zero-order chi connectivity index (χ0) is 22.6. The molecule has 2 aromatic carbocycles. The van der Waals surface area contributed by atoms with Gasteiger partial charge in [-0.25, -0.2) is 21.6 Å². The van der Waals surface area contributed by atoms with E-state index in [9.17, 15) is 26.7 Å². The number of halogens is 3. The Morgan fingerprint density at radius 3 is 2.58 bits per heavy atom. The van der Waals surface area contributed by atoms with E-state index in [1.165, 1.54) is 12.1 Å². The average molecular weight is 457 g/mol. The third-order valence-corrected chi connectivity index (χ3v) is 7.88. The van der Waals surface area contributed by atoms with E-state index in [1.807, 2.05) is 0 Å². The second-order valence-electron chi connectivity index (χ2n) is 8.06. The van der Waals surface area contributed by atoms with Gasteiger partial charge in [0.15, 0.2) is 11.6 Å². The fourth-order valence-electron chi connectivity index (χ4n) is 3.59. The van der Waals surface area contributed by atoms with E-state index in [-0.39, 0.29) is 37.3 Å². The van der Waals surface area contributed by atoms with Crippen LogP contribution in [0.2, 0.25) is 0 Å². The Kier molecular flexibility index (Phi) is 5.31. The molecule has 2 atom stereocenters. The van der Waals surface area contributed by atoms with Gasteiger partial charge in [-0.1, -0.05) is 6.07 Å². The molecule has 0 radical (unpaired) electrons. The molecule has 168 valence electrons. The highest BCUT2D eigenvalue weighted by Crippen LogP contribution is 2.50. The molecule has 1 aliphatic heterocycles. The molecule has 2 unspecified atom stereocenters. The first-order chi connectivity index (χ1) is 14.5. The molecule has 2 aromatic rings. The minimum atomic E-state index is -4.15. The van der Waals surface area contributed by atoms with E-state index in [2.05, 4.69) is 10.0 Å². The predicted octanol–water partition coefficient (Wildman–Crippen LogP) is 2.90. The zero-order valence-corrected chi connectivity index (χ0v) is 17.4. The van der Waals surface area contributed by atoms with E-state index < -0.39 is 55.7 Å². The van der Waals surface area contributed by atoms with E-state index in [4.69, 9.17) is 10.5 Å². The fourth-order valence-corrected chi connectivity index (χ4v) is 5.30. The largest absolute Gasteiger partial charge is 0.489 e. The van der Waals surface area contributed by atoms with Gasteiger partial charge in [-0.05, 0) is 43.9 Å². The van der Waals surface area contributed by atoms with Gasteiger partial charge in [0.05, 0.1) is 22.6 Å². The van der Waals surface area contributed by atoms with Gasteiger partial charge < -0.3 is 20.9 Å². The molecule has 0 saturated heterocycles. The minimum Gasteiger partial charge on any atom is -0.489 e. The summed E-state index contributed by atoms with van der Waals surface area (Å²) in [7, 11) is -4.15. The molecule has 0 aromatic heterocycles. The normalized spacial score (nSPS) is 23.9. The highest BCUT2D eigenvalue weighted by atomic mass is 32.2. The predicted molar refractivity (Wildman–Crippen MR) is 109 cm³/mol. The standard InChI is InChI=1S/C20H22F3N3O4S/c1-10-2-3-14(11(21)6-10)25-19-17(23)12(22)7-16-18(19)26-31(28,29)20(4-5-20)8-15(27)13(24)9-30-16/h2-3,6-7,13,15,25-27H,4-5,8-9,24H2,1H3. The SMILES string of the molecule is Cc1ccc(Nc2c(F)c(F)cc3c2NS(=O)(=O)C2(CC2)CC(O)C(N)CO3)c(F)c1. The number of nitrogens with two attached hydrogens (primary N) is 1. The number of ether oxygens (including phenoxy) is 1. The summed E-state index contributed by atoms with van der Waals surface area (Å²) in [4.78, 5) is 0. The molecule has 4 rings (SSSR count). The van der Waals surface area contributed by atoms with Gasteiger partial charge in [-0.15, -0.1) is 0 Å². The van der Waals surface area contributed by atoms with Crippen molar-refractivity contribution in [3.8, 4) is 5.75 Å². The highest BCUT2D eigenvalue weighted by molar-refractivity contribution is 7.94. The molecular weight excluding hydrogens is 435 g/mol. The Balaban J connectivity index is 1.86. The number of aryl methyl sites for hydroxylation is 1. The van der Waals surface area contributed by atoms with E-state index >= 15 is 0 Å². The van der Waals surface area contributed by atoms with Crippen molar-refractivity contribution in [1.82, 2.24) is 0 Å². The maximum absolute atomic E-state index is 14.8. The van der Waals surface area contributed by atoms with Gasteiger partial charge in [0.25, 0.3) is 0 Å². The first-order valence-corrected chi connectivity index (χ1v) is 11.2. The van der Waals surface area contributed by atoms with Gasteiger partial charge in [0.2, 0.25) is 10.0 Å². The Hall–Kier alpha value is -2.50. The van der Waals surface area contributed by atoms with Crippen LogP contribution in [0.1, 0.15) is 24.8 Å². The van der Waals surface area contributed by atoms with Crippen LogP contribution in [0, 0.1) is 24.4 Å². The number of nitrogens with one attached hydrogen (secondary N) is 2. The summed E-state index contributed by atoms with van der Waals surface area (Å²) >= 11 is 0. The molecule has 5 N–H and O–H groups in total. The summed E-state index contributed by atoms with van der Waals surface area (Å²) in [6.45, 7) is 1.39. The molecular formula is C20H22F3N3O4S. The monoisotopic (exact) mass is 457 g/mol. The first kappa shape index (κ1) is 21.7. The quantitative estimate of drug-likeness (QED) is 0.552. The van der Waals surface area contributed by atoms with Crippen molar-refractivity contribution in [3.05, 3.63) is 47.3 Å². The second-order valence-corrected chi connectivity index (χ2v) is 10.1. The summed E-state index contributed by atoms with van der Waals surface area (Å²) in [5, 5.41) is 12.7. The van der Waals surface area contributed by atoms with E-state index in [1.54, 1.807) is 13.0 Å². The van der Waals surface area contributed by atoms with Crippen LogP contribution in [0.5, 0.6) is 5.75 Å². The fraction of sp³-hybridized carbons (Fsp3) is 0.400. The number of aliphatic hydroxyl groups excluding tert-OH is 1. The molecule has 0 bridgehead atoms. The summed E-state index contributed by atoms with van der Waals surface area (Å²) in [5.41, 5.74) is 5.32. The van der Waals surface area contributed by atoms with Crippen LogP contribution in [0.3, 0.4) is 0 Å². The Bertz CT molecular complexity index is 1140. The number of hydrogen-bond acceptors (Lipinski definition) is 6. The van der Waals surface area contributed by atoms with Crippen molar-refractivity contribution >= 4 is 27.1 Å². The molecule has 1 fully saturated rings. The van der Waals surface area contributed by atoms with Crippen LogP contribution >= 0.6 is 0 Å². The van der Waals surface area contributed by atoms with Crippen molar-refractivity contribution in [2.45, 2.75) is 43.1 Å². The van der Waals surface area contributed by atoms with E-state index in [0.717, 1.165) is 0 Å². The van der Waals surface area contributed by atoms with Crippen molar-refractivity contribution in [2.75, 3.05) is 16.6 Å². The first-order valence-electron chi connectivity index (χ1n) is 9.67. The van der Waals surface area contributed by atoms with Crippen molar-refractivity contribution in [1.29, 1.82) is 0 Å². The van der Waals surface area contributed by atoms with Crippen LogP contribution < -0.4 is 20.5 Å². The molecule has 1 heterocycles. The molecule has 2 aliphatic rings. The Labute approximate surface area is 177 Å². The van der Waals surface area contributed by atoms with Crippen molar-refractivity contribution in [2.24, 2.45) is 5.73 Å². The Morgan fingerprint density at radius 1 is 1.23 bits per heavy atom. The van der Waals surface area contributed by atoms with Crippen LogP contribution in [0.25, 0.3) is 0 Å². The number of anilines is 3. The molecule has 1 saturated carbocycles. The van der Waals surface area contributed by atoms with Gasteiger partial charge >= 0.3 is 0 Å². The van der Waals surface area contributed by atoms with Crippen LogP contribution in [0.4, 0.5) is 30.2 Å². The lowest BCUT2D eigenvalue weighted by molar-refractivity contribution is 0.105. The number of fused-ring (bicyclic) bond motifs is 1. The third kappa shape index (κ3) is 3.92. The lowest BCUT2D eigenvalue weighted by atomic mass is 10.1. The van der Waals surface area contributed by atoms with Gasteiger partial charge in [0.1, 0.15) is 29.5 Å². The average Bonchev–Trinajstić information content (AvgIpc) is 3.48. The number of aliphatic hydroxyl groups is 1. The molecule has 7 nitrogen and oxygen atoms in total. The lowest BCUT2D eigenvalue weighted by Gasteiger charge is -2.28. The number of benzene rings is 2. The van der Waals surface area contributed by atoms with Crippen LogP contribution in [-0.2, 0) is 10.0 Å². The van der Waals surface area contributed by atoms with E-state index in [0.29, 0.717) is 11.6 Å². The topological polar surface area (TPSA) is 114 Å². The smallest absolute Gasteiger partial charge is 0.238 e. The summed E-state index contributed by atoms with van der Waals surface area (Å²) in [6, 6.07) is 3.81. The van der Waals surface area contributed by atoms with Crippen molar-refractivity contribution in [3.63, 3.8) is 0 Å².